The molecule has 0 radical (unpaired) electrons. The van der Waals surface area contributed by atoms with E-state index in [0.29, 0.717) is 0 Å². The average molecular weight is 301 g/mol. The van der Waals surface area contributed by atoms with E-state index in [1.165, 1.54) is 12.1 Å². The minimum Gasteiger partial charge on any atom is -0.313 e. The van der Waals surface area contributed by atoms with Gasteiger partial charge in [0.25, 0.3) is 0 Å². The first-order chi connectivity index (χ1) is 9.63. The summed E-state index contributed by atoms with van der Waals surface area (Å²) in [4.78, 5) is 0.126. The SMILES string of the molecule is CCNC1CCCCCC1S(=O)c1ccc(F)cc1F. The molecule has 0 bridgehead atoms. The Morgan fingerprint density at radius 3 is 2.70 bits per heavy atom. The zero-order valence-electron chi connectivity index (χ0n) is 11.7. The largest absolute Gasteiger partial charge is 0.313 e. The van der Waals surface area contributed by atoms with Gasteiger partial charge in [-0.15, -0.1) is 0 Å². The van der Waals surface area contributed by atoms with Crippen LogP contribution in [0.1, 0.15) is 39.0 Å². The monoisotopic (exact) mass is 301 g/mol. The van der Waals surface area contributed by atoms with Crippen LogP contribution in [0.5, 0.6) is 0 Å². The van der Waals surface area contributed by atoms with Crippen LogP contribution in [0.25, 0.3) is 0 Å². The van der Waals surface area contributed by atoms with E-state index in [1.54, 1.807) is 0 Å². The average Bonchev–Trinajstić information content (AvgIpc) is 2.64. The Kier molecular flexibility index (Phi) is 5.66. The van der Waals surface area contributed by atoms with E-state index < -0.39 is 22.4 Å². The van der Waals surface area contributed by atoms with Crippen molar-refractivity contribution in [1.29, 1.82) is 0 Å². The van der Waals surface area contributed by atoms with Gasteiger partial charge in [0, 0.05) is 12.1 Å². The molecule has 1 aromatic carbocycles. The lowest BCUT2D eigenvalue weighted by molar-refractivity contribution is 0.473. The number of rotatable bonds is 4. The predicted molar refractivity (Wildman–Crippen MR) is 77.1 cm³/mol. The molecule has 20 heavy (non-hydrogen) atoms. The minimum atomic E-state index is -1.44. The quantitative estimate of drug-likeness (QED) is 0.864. The van der Waals surface area contributed by atoms with E-state index in [9.17, 15) is 13.0 Å². The second-order valence-electron chi connectivity index (χ2n) is 5.21. The molecule has 0 spiro atoms. The van der Waals surface area contributed by atoms with Crippen LogP contribution in [0, 0.1) is 11.6 Å². The molecule has 1 aromatic rings. The van der Waals surface area contributed by atoms with E-state index in [4.69, 9.17) is 0 Å². The summed E-state index contributed by atoms with van der Waals surface area (Å²) in [7, 11) is -1.44. The number of hydrogen-bond donors (Lipinski definition) is 1. The Hall–Kier alpha value is -0.810. The maximum absolute atomic E-state index is 13.8. The van der Waals surface area contributed by atoms with Crippen molar-refractivity contribution in [2.75, 3.05) is 6.54 Å². The van der Waals surface area contributed by atoms with Crippen LogP contribution >= 0.6 is 0 Å². The normalized spacial score (nSPS) is 25.1. The Labute approximate surface area is 121 Å². The molecule has 1 aliphatic carbocycles. The van der Waals surface area contributed by atoms with Crippen molar-refractivity contribution in [3.05, 3.63) is 29.8 Å². The van der Waals surface area contributed by atoms with Crippen molar-refractivity contribution in [2.24, 2.45) is 0 Å². The molecule has 0 saturated heterocycles. The molecule has 1 N–H and O–H groups in total. The van der Waals surface area contributed by atoms with Gasteiger partial charge in [-0.05, 0) is 31.5 Å². The first-order valence-electron chi connectivity index (χ1n) is 7.22. The fourth-order valence-corrected chi connectivity index (χ4v) is 4.52. The fourth-order valence-electron chi connectivity index (χ4n) is 2.83. The lowest BCUT2D eigenvalue weighted by Crippen LogP contribution is -2.41. The number of nitrogens with one attached hydrogen (secondary N) is 1. The Morgan fingerprint density at radius 1 is 1.25 bits per heavy atom. The van der Waals surface area contributed by atoms with E-state index >= 15 is 0 Å². The highest BCUT2D eigenvalue weighted by Gasteiger charge is 2.30. The first kappa shape index (κ1) is 15.6. The first-order valence-corrected chi connectivity index (χ1v) is 8.43. The summed E-state index contributed by atoms with van der Waals surface area (Å²) in [6, 6.07) is 3.45. The zero-order valence-corrected chi connectivity index (χ0v) is 12.5. The van der Waals surface area contributed by atoms with Crippen LogP contribution in [0.15, 0.2) is 23.1 Å². The van der Waals surface area contributed by atoms with E-state index in [2.05, 4.69) is 5.32 Å². The maximum Gasteiger partial charge on any atom is 0.142 e. The van der Waals surface area contributed by atoms with Crippen LogP contribution in [-0.4, -0.2) is 22.0 Å². The van der Waals surface area contributed by atoms with Crippen molar-refractivity contribution in [3.63, 3.8) is 0 Å². The van der Waals surface area contributed by atoms with Crippen LogP contribution in [0.2, 0.25) is 0 Å². The highest BCUT2D eigenvalue weighted by Crippen LogP contribution is 2.27. The fraction of sp³-hybridized carbons (Fsp3) is 0.600. The van der Waals surface area contributed by atoms with Crippen molar-refractivity contribution in [1.82, 2.24) is 5.32 Å². The van der Waals surface area contributed by atoms with Crippen LogP contribution in [0.3, 0.4) is 0 Å². The minimum absolute atomic E-state index is 0.0996. The molecule has 0 amide bonds. The van der Waals surface area contributed by atoms with Crippen molar-refractivity contribution in [3.8, 4) is 0 Å². The topological polar surface area (TPSA) is 29.1 Å². The predicted octanol–water partition coefficient (Wildman–Crippen LogP) is 3.38. The van der Waals surface area contributed by atoms with Gasteiger partial charge in [0.15, 0.2) is 0 Å². The van der Waals surface area contributed by atoms with E-state index in [-0.39, 0.29) is 16.2 Å². The standard InChI is InChI=1S/C15H21F2NOS/c1-2-18-13-6-4-3-5-7-15(13)20(19)14-9-8-11(16)10-12(14)17/h8-10,13,15,18H,2-7H2,1H3. The van der Waals surface area contributed by atoms with Crippen molar-refractivity contribution < 1.29 is 13.0 Å². The third-order valence-corrected chi connectivity index (χ3v) is 5.68. The van der Waals surface area contributed by atoms with Gasteiger partial charge in [0.2, 0.25) is 0 Å². The Bertz CT molecular complexity index is 481. The van der Waals surface area contributed by atoms with Gasteiger partial charge in [-0.1, -0.05) is 26.2 Å². The molecule has 2 rings (SSSR count). The van der Waals surface area contributed by atoms with Crippen LogP contribution in [-0.2, 0) is 10.8 Å². The molecule has 0 aromatic heterocycles. The number of hydrogen-bond acceptors (Lipinski definition) is 2. The lowest BCUT2D eigenvalue weighted by Gasteiger charge is -2.25. The van der Waals surface area contributed by atoms with Gasteiger partial charge in [-0.2, -0.15) is 0 Å². The summed E-state index contributed by atoms with van der Waals surface area (Å²) in [6.07, 6.45) is 5.04. The third kappa shape index (κ3) is 3.64. The summed E-state index contributed by atoms with van der Waals surface area (Å²) in [5, 5.41) is 3.27. The van der Waals surface area contributed by atoms with E-state index in [1.807, 2.05) is 6.92 Å². The van der Waals surface area contributed by atoms with Gasteiger partial charge in [-0.25, -0.2) is 8.78 Å². The summed E-state index contributed by atoms with van der Waals surface area (Å²) in [5.41, 5.74) is 0. The number of benzene rings is 1. The molecule has 112 valence electrons. The van der Waals surface area contributed by atoms with Crippen LogP contribution in [0.4, 0.5) is 8.78 Å². The van der Waals surface area contributed by atoms with Gasteiger partial charge in [0.1, 0.15) is 11.6 Å². The molecule has 3 atom stereocenters. The molecule has 0 heterocycles. The summed E-state index contributed by atoms with van der Waals surface area (Å²) < 4.78 is 39.5. The van der Waals surface area contributed by atoms with Gasteiger partial charge < -0.3 is 5.32 Å². The van der Waals surface area contributed by atoms with Crippen molar-refractivity contribution >= 4 is 10.8 Å². The number of halogens is 2. The molecule has 2 nitrogen and oxygen atoms in total. The zero-order chi connectivity index (χ0) is 14.5. The molecule has 1 aliphatic rings. The second-order valence-corrected chi connectivity index (χ2v) is 6.85. The molecular formula is C15H21F2NOS. The van der Waals surface area contributed by atoms with Gasteiger partial charge in [-0.3, -0.25) is 4.21 Å². The summed E-state index contributed by atoms with van der Waals surface area (Å²) >= 11 is 0. The van der Waals surface area contributed by atoms with Gasteiger partial charge >= 0.3 is 0 Å². The molecule has 0 aliphatic heterocycles. The highest BCUT2D eigenvalue weighted by molar-refractivity contribution is 7.85. The smallest absolute Gasteiger partial charge is 0.142 e. The Balaban J connectivity index is 2.23. The Morgan fingerprint density at radius 2 is 2.00 bits per heavy atom. The molecular weight excluding hydrogens is 280 g/mol. The molecule has 3 unspecified atom stereocenters. The van der Waals surface area contributed by atoms with Crippen molar-refractivity contribution in [2.45, 2.75) is 55.2 Å². The summed E-state index contributed by atoms with van der Waals surface area (Å²) in [5.74, 6) is -1.34. The molecule has 1 fully saturated rings. The maximum atomic E-state index is 13.8. The second kappa shape index (κ2) is 7.27. The van der Waals surface area contributed by atoms with Gasteiger partial charge in [0.05, 0.1) is 20.9 Å². The molecule has 5 heteroatoms. The highest BCUT2D eigenvalue weighted by atomic mass is 32.2. The van der Waals surface area contributed by atoms with E-state index in [0.717, 1.165) is 44.7 Å². The summed E-state index contributed by atoms with van der Waals surface area (Å²) in [6.45, 7) is 2.83. The third-order valence-electron chi connectivity index (χ3n) is 3.80. The lowest BCUT2D eigenvalue weighted by atomic mass is 10.1. The molecule has 1 saturated carbocycles. The van der Waals surface area contributed by atoms with Crippen LogP contribution < -0.4 is 5.32 Å².